The van der Waals surface area contributed by atoms with Crippen LogP contribution in [-0.4, -0.2) is 56.7 Å². The molecule has 0 saturated heterocycles. The van der Waals surface area contributed by atoms with E-state index in [4.69, 9.17) is 0 Å². The number of amides is 3. The Kier molecular flexibility index (Phi) is 4.50. The van der Waals surface area contributed by atoms with Crippen molar-refractivity contribution in [3.63, 3.8) is 0 Å². The Morgan fingerprint density at radius 2 is 2.07 bits per heavy atom. The smallest absolute Gasteiger partial charge is 0.275 e. The average molecular weight is 451 g/mol. The summed E-state index contributed by atoms with van der Waals surface area (Å²) in [5, 5.41) is 4.62. The molecule has 9 nitrogen and oxygen atoms in total. The van der Waals surface area contributed by atoms with Gasteiger partial charge in [-0.3, -0.25) is 4.68 Å². The van der Waals surface area contributed by atoms with Gasteiger partial charge in [-0.15, -0.1) is 0 Å². The Balaban J connectivity index is 1.48. The minimum absolute atomic E-state index is 0.112. The van der Waals surface area contributed by atoms with Gasteiger partial charge in [0.1, 0.15) is 16.7 Å². The van der Waals surface area contributed by atoms with Crippen molar-refractivity contribution >= 4 is 38.8 Å². The van der Waals surface area contributed by atoms with Crippen LogP contribution in [0.5, 0.6) is 0 Å². The number of hydrogen-bond acceptors (Lipinski definition) is 6. The number of rotatable bonds is 7. The second-order valence-corrected chi connectivity index (χ2v) is 11.8. The number of thioether (sulfide) groups is 1. The molecule has 4 aliphatic rings. The summed E-state index contributed by atoms with van der Waals surface area (Å²) in [6, 6.07) is -0.385. The van der Waals surface area contributed by atoms with Crippen LogP contribution in [0, 0.1) is 11.8 Å². The molecule has 3 amide bonds. The first kappa shape index (κ1) is 20.0. The van der Waals surface area contributed by atoms with E-state index in [1.54, 1.807) is 28.7 Å². The molecule has 2 fully saturated rings. The third kappa shape index (κ3) is 3.63. The fourth-order valence-corrected chi connectivity index (χ4v) is 6.78. The van der Waals surface area contributed by atoms with E-state index in [9.17, 15) is 18.0 Å². The second-order valence-electron chi connectivity index (χ2n) is 8.85. The number of nitrogens with one attached hydrogen (secondary N) is 1. The fraction of sp³-hybridized carbons (Fsp3) is 0.579. The molecule has 11 heteroatoms. The van der Waals surface area contributed by atoms with Gasteiger partial charge in [-0.25, -0.2) is 17.9 Å². The topological polar surface area (TPSA) is 104 Å². The van der Waals surface area contributed by atoms with Gasteiger partial charge in [-0.2, -0.15) is 19.4 Å². The summed E-state index contributed by atoms with van der Waals surface area (Å²) in [6.07, 6.45) is 8.57. The zero-order valence-corrected chi connectivity index (χ0v) is 18.5. The van der Waals surface area contributed by atoms with E-state index in [0.717, 1.165) is 43.0 Å². The van der Waals surface area contributed by atoms with Crippen molar-refractivity contribution in [1.82, 2.24) is 19.4 Å². The number of aryl methyl sites for hydroxylation is 1. The Labute approximate surface area is 179 Å². The SMILES string of the molecule is Cn1cc(CN2C(=O)C3C=C(S(=O)(=O)NC4(C)CC4)SC3=[N+](CC3CC3)C2=O)cn1. The average Bonchev–Trinajstić information content (AvgIpc) is 3.53. The van der Waals surface area contributed by atoms with Crippen molar-refractivity contribution in [2.45, 2.75) is 44.7 Å². The van der Waals surface area contributed by atoms with Crippen LogP contribution in [0.3, 0.4) is 0 Å². The van der Waals surface area contributed by atoms with Crippen LogP contribution < -0.4 is 4.72 Å². The minimum Gasteiger partial charge on any atom is -0.275 e. The van der Waals surface area contributed by atoms with Crippen LogP contribution in [0.15, 0.2) is 22.7 Å². The molecule has 1 aromatic rings. The number of aromatic nitrogens is 2. The summed E-state index contributed by atoms with van der Waals surface area (Å²) in [4.78, 5) is 27.7. The van der Waals surface area contributed by atoms with Crippen molar-refractivity contribution in [2.24, 2.45) is 18.9 Å². The van der Waals surface area contributed by atoms with E-state index in [1.165, 1.54) is 11.0 Å². The summed E-state index contributed by atoms with van der Waals surface area (Å²) in [5.74, 6) is -0.733. The molecule has 1 N–H and O–H groups in total. The highest BCUT2D eigenvalue weighted by atomic mass is 32.3. The van der Waals surface area contributed by atoms with Gasteiger partial charge in [-0.05, 0) is 56.4 Å². The molecule has 2 aliphatic heterocycles. The Morgan fingerprint density at radius 1 is 1.33 bits per heavy atom. The summed E-state index contributed by atoms with van der Waals surface area (Å²) in [5.41, 5.74) is 0.346. The van der Waals surface area contributed by atoms with Crippen LogP contribution >= 0.6 is 11.8 Å². The standard InChI is InChI=1S/C19H24N5O4S2/c1-19(5-6-19)21-30(27,28)15-7-14-16(25)23(11-13-8-20-22(2)9-13)18(26)24(17(14)29-15)10-12-3-4-12/h7-9,12,14,21H,3-6,10-11H2,1-2H3/q+1. The molecule has 160 valence electrons. The lowest BCUT2D eigenvalue weighted by Gasteiger charge is -2.23. The van der Waals surface area contributed by atoms with Gasteiger partial charge in [0.25, 0.3) is 0 Å². The van der Waals surface area contributed by atoms with Crippen molar-refractivity contribution in [1.29, 1.82) is 0 Å². The van der Waals surface area contributed by atoms with Gasteiger partial charge in [-0.1, -0.05) is 0 Å². The summed E-state index contributed by atoms with van der Waals surface area (Å²) in [7, 11) is -1.96. The van der Waals surface area contributed by atoms with Crippen LogP contribution in [0.4, 0.5) is 4.79 Å². The van der Waals surface area contributed by atoms with Gasteiger partial charge >= 0.3 is 11.9 Å². The lowest BCUT2D eigenvalue weighted by Crippen LogP contribution is -2.52. The van der Waals surface area contributed by atoms with Gasteiger partial charge < -0.3 is 0 Å². The quantitative estimate of drug-likeness (QED) is 0.630. The van der Waals surface area contributed by atoms with Crippen molar-refractivity contribution in [3.8, 4) is 0 Å². The summed E-state index contributed by atoms with van der Waals surface area (Å²) >= 11 is 1.04. The number of imide groups is 1. The van der Waals surface area contributed by atoms with Gasteiger partial charge in [0, 0.05) is 24.3 Å². The Hall–Kier alpha value is -1.98. The first-order valence-electron chi connectivity index (χ1n) is 10.1. The normalized spacial score (nSPS) is 25.6. The molecule has 0 aromatic carbocycles. The molecule has 1 aromatic heterocycles. The Morgan fingerprint density at radius 3 is 2.67 bits per heavy atom. The molecule has 0 spiro atoms. The molecule has 2 saturated carbocycles. The maximum Gasteiger partial charge on any atom is 0.501 e. The van der Waals surface area contributed by atoms with Crippen LogP contribution in [-0.2, 0) is 28.4 Å². The molecule has 2 aliphatic carbocycles. The van der Waals surface area contributed by atoms with Gasteiger partial charge in [0.15, 0.2) is 5.04 Å². The van der Waals surface area contributed by atoms with Gasteiger partial charge in [0.2, 0.25) is 10.0 Å². The molecule has 0 bridgehead atoms. The molecule has 3 heterocycles. The van der Waals surface area contributed by atoms with Crippen LogP contribution in [0.2, 0.25) is 0 Å². The lowest BCUT2D eigenvalue weighted by molar-refractivity contribution is -0.441. The number of sulfonamides is 1. The van der Waals surface area contributed by atoms with E-state index >= 15 is 0 Å². The van der Waals surface area contributed by atoms with E-state index in [-0.39, 0.29) is 22.7 Å². The van der Waals surface area contributed by atoms with E-state index in [2.05, 4.69) is 9.82 Å². The lowest BCUT2D eigenvalue weighted by atomic mass is 10.1. The highest BCUT2D eigenvalue weighted by Crippen LogP contribution is 2.42. The number of carbonyl (C=O) groups excluding carboxylic acids is 2. The summed E-state index contributed by atoms with van der Waals surface area (Å²) in [6.45, 7) is 2.50. The molecule has 1 atom stereocenters. The highest BCUT2D eigenvalue weighted by molar-refractivity contribution is 8.27. The monoisotopic (exact) mass is 450 g/mol. The Bertz CT molecular complexity index is 1110. The number of fused-ring (bicyclic) bond motifs is 1. The fourth-order valence-electron chi connectivity index (χ4n) is 3.73. The first-order valence-corrected chi connectivity index (χ1v) is 12.4. The van der Waals surface area contributed by atoms with Crippen molar-refractivity contribution in [2.75, 3.05) is 6.54 Å². The molecule has 0 radical (unpaired) electrons. The molecular weight excluding hydrogens is 426 g/mol. The van der Waals surface area contributed by atoms with Crippen LogP contribution in [0.25, 0.3) is 0 Å². The molecule has 1 unspecified atom stereocenters. The van der Waals surface area contributed by atoms with Crippen LogP contribution in [0.1, 0.15) is 38.2 Å². The second kappa shape index (κ2) is 6.76. The summed E-state index contributed by atoms with van der Waals surface area (Å²) < 4.78 is 31.8. The maximum atomic E-state index is 13.2. The maximum absolute atomic E-state index is 13.2. The predicted octanol–water partition coefficient (Wildman–Crippen LogP) is 1.38. The van der Waals surface area contributed by atoms with Crippen molar-refractivity contribution < 1.29 is 22.6 Å². The number of carbonyl (C=O) groups is 2. The zero-order valence-electron chi connectivity index (χ0n) is 16.9. The van der Waals surface area contributed by atoms with E-state index in [1.807, 2.05) is 6.92 Å². The van der Waals surface area contributed by atoms with Crippen molar-refractivity contribution in [3.05, 3.63) is 28.3 Å². The number of hydrogen-bond donors (Lipinski definition) is 1. The molecular formula is C19H24N5O4S2+. The van der Waals surface area contributed by atoms with E-state index < -0.39 is 21.5 Å². The highest BCUT2D eigenvalue weighted by Gasteiger charge is 2.53. The predicted molar refractivity (Wildman–Crippen MR) is 111 cm³/mol. The largest absolute Gasteiger partial charge is 0.501 e. The third-order valence-corrected chi connectivity index (χ3v) is 9.27. The van der Waals surface area contributed by atoms with E-state index in [0.29, 0.717) is 17.5 Å². The first-order chi connectivity index (χ1) is 14.2. The third-order valence-electron chi connectivity index (χ3n) is 5.92. The number of urea groups is 1. The zero-order chi connectivity index (χ0) is 21.3. The van der Waals surface area contributed by atoms with Gasteiger partial charge in [0.05, 0.1) is 12.7 Å². The number of nitrogens with zero attached hydrogens (tertiary/aromatic N) is 4. The molecule has 30 heavy (non-hydrogen) atoms. The minimum atomic E-state index is -3.73. The molecule has 5 rings (SSSR count).